The zero-order chi connectivity index (χ0) is 22.6. The van der Waals surface area contributed by atoms with E-state index in [-0.39, 0.29) is 34.3 Å². The lowest BCUT2D eigenvalue weighted by atomic mass is 10.2. The van der Waals surface area contributed by atoms with E-state index < -0.39 is 21.8 Å². The van der Waals surface area contributed by atoms with E-state index in [1.165, 1.54) is 30.3 Å². The Morgan fingerprint density at radius 2 is 1.97 bits per heavy atom. The molecule has 0 saturated heterocycles. The normalized spacial score (nSPS) is 11.2. The van der Waals surface area contributed by atoms with Crippen LogP contribution in [0.4, 0.5) is 10.1 Å². The van der Waals surface area contributed by atoms with Crippen LogP contribution in [0.15, 0.2) is 70.6 Å². The van der Waals surface area contributed by atoms with Gasteiger partial charge in [-0.3, -0.25) is 4.31 Å². The SMILES string of the molecule is C=CCN(c1ccc(F)cc1)S(=O)(=O)c1cc(C(=O)OCc2cc(C)no2)ccc1Cl. The summed E-state index contributed by atoms with van der Waals surface area (Å²) in [6.07, 6.45) is 1.38. The molecule has 0 aliphatic heterocycles. The van der Waals surface area contributed by atoms with Crippen molar-refractivity contribution in [2.75, 3.05) is 10.8 Å². The molecular formula is C21H18ClFN2O5S. The molecule has 0 saturated carbocycles. The number of rotatable bonds is 8. The molecule has 2 aromatic carbocycles. The lowest BCUT2D eigenvalue weighted by molar-refractivity contribution is 0.0437. The maximum Gasteiger partial charge on any atom is 0.338 e. The van der Waals surface area contributed by atoms with E-state index in [2.05, 4.69) is 11.7 Å². The van der Waals surface area contributed by atoms with Gasteiger partial charge in [0.15, 0.2) is 12.4 Å². The maximum absolute atomic E-state index is 13.3. The fraction of sp³-hybridized carbons (Fsp3) is 0.143. The minimum absolute atomic E-state index is 0.0168. The number of carbonyl (C=O) groups excluding carboxylic acids is 1. The number of anilines is 1. The Labute approximate surface area is 183 Å². The van der Waals surface area contributed by atoms with Crippen LogP contribution in [-0.4, -0.2) is 26.1 Å². The van der Waals surface area contributed by atoms with Crippen LogP contribution in [0.5, 0.6) is 0 Å². The number of aryl methyl sites for hydroxylation is 1. The number of nitrogens with zero attached hydrogens (tertiary/aromatic N) is 2. The molecule has 0 radical (unpaired) electrons. The Kier molecular flexibility index (Phi) is 6.77. The Bertz CT molecular complexity index is 1210. The van der Waals surface area contributed by atoms with E-state index in [9.17, 15) is 17.6 Å². The second kappa shape index (κ2) is 9.32. The van der Waals surface area contributed by atoms with Gasteiger partial charge in [0, 0.05) is 6.07 Å². The van der Waals surface area contributed by atoms with Gasteiger partial charge in [-0.05, 0) is 49.4 Å². The summed E-state index contributed by atoms with van der Waals surface area (Å²) in [5.74, 6) is -0.926. The number of hydrogen-bond acceptors (Lipinski definition) is 6. The molecule has 0 aliphatic carbocycles. The van der Waals surface area contributed by atoms with Crippen LogP contribution in [-0.2, 0) is 21.4 Å². The van der Waals surface area contributed by atoms with Crippen molar-refractivity contribution in [2.45, 2.75) is 18.4 Å². The van der Waals surface area contributed by atoms with Gasteiger partial charge in [0.2, 0.25) is 0 Å². The standard InChI is InChI=1S/C21H18ClFN2O5S/c1-3-10-25(17-7-5-16(23)6-8-17)31(27,28)20-12-15(4-9-19(20)22)21(26)29-13-18-11-14(2)24-30-18/h3-9,11-12H,1,10,13H2,2H3. The molecule has 0 N–H and O–H groups in total. The average Bonchev–Trinajstić information content (AvgIpc) is 3.16. The number of hydrogen-bond donors (Lipinski definition) is 0. The highest BCUT2D eigenvalue weighted by Crippen LogP contribution is 2.30. The van der Waals surface area contributed by atoms with Crippen LogP contribution in [0.3, 0.4) is 0 Å². The minimum Gasteiger partial charge on any atom is -0.454 e. The fourth-order valence-corrected chi connectivity index (χ4v) is 4.66. The van der Waals surface area contributed by atoms with Crippen molar-refractivity contribution in [2.24, 2.45) is 0 Å². The van der Waals surface area contributed by atoms with Crippen molar-refractivity contribution < 1.29 is 26.9 Å². The van der Waals surface area contributed by atoms with E-state index >= 15 is 0 Å². The summed E-state index contributed by atoms with van der Waals surface area (Å²) in [4.78, 5) is 12.1. The molecule has 1 heterocycles. The first kappa shape index (κ1) is 22.5. The van der Waals surface area contributed by atoms with E-state index in [1.807, 2.05) is 0 Å². The van der Waals surface area contributed by atoms with Crippen LogP contribution in [0.25, 0.3) is 0 Å². The Hall–Kier alpha value is -3.17. The van der Waals surface area contributed by atoms with Gasteiger partial charge < -0.3 is 9.26 Å². The topological polar surface area (TPSA) is 89.7 Å². The second-order valence-electron chi connectivity index (χ2n) is 6.46. The first-order valence-electron chi connectivity index (χ1n) is 9.00. The Morgan fingerprint density at radius 1 is 1.26 bits per heavy atom. The molecule has 0 unspecified atom stereocenters. The Morgan fingerprint density at radius 3 is 2.58 bits per heavy atom. The highest BCUT2D eigenvalue weighted by Gasteiger charge is 2.28. The predicted octanol–water partition coefficient (Wildman–Crippen LogP) is 4.51. The van der Waals surface area contributed by atoms with E-state index in [0.717, 1.165) is 22.5 Å². The van der Waals surface area contributed by atoms with Crippen molar-refractivity contribution in [1.82, 2.24) is 5.16 Å². The van der Waals surface area contributed by atoms with Crippen molar-refractivity contribution in [3.8, 4) is 0 Å². The lowest BCUT2D eigenvalue weighted by Crippen LogP contribution is -2.31. The first-order valence-corrected chi connectivity index (χ1v) is 10.8. The summed E-state index contributed by atoms with van der Waals surface area (Å²) < 4.78 is 51.0. The van der Waals surface area contributed by atoms with Gasteiger partial charge in [-0.15, -0.1) is 6.58 Å². The molecule has 3 aromatic rings. The number of ether oxygens (including phenoxy) is 1. The molecule has 31 heavy (non-hydrogen) atoms. The van der Waals surface area contributed by atoms with Crippen molar-refractivity contribution in [3.05, 3.63) is 89.0 Å². The largest absolute Gasteiger partial charge is 0.454 e. The van der Waals surface area contributed by atoms with Gasteiger partial charge in [-0.25, -0.2) is 17.6 Å². The van der Waals surface area contributed by atoms with E-state index in [0.29, 0.717) is 11.5 Å². The quantitative estimate of drug-likeness (QED) is 0.360. The van der Waals surface area contributed by atoms with E-state index in [1.54, 1.807) is 13.0 Å². The summed E-state index contributed by atoms with van der Waals surface area (Å²) in [5.41, 5.74) is 0.830. The molecule has 7 nitrogen and oxygen atoms in total. The van der Waals surface area contributed by atoms with E-state index in [4.69, 9.17) is 20.9 Å². The fourth-order valence-electron chi connectivity index (χ4n) is 2.72. The van der Waals surface area contributed by atoms with Gasteiger partial charge in [-0.2, -0.15) is 0 Å². The number of esters is 1. The molecule has 0 amide bonds. The van der Waals surface area contributed by atoms with Crippen molar-refractivity contribution in [3.63, 3.8) is 0 Å². The summed E-state index contributed by atoms with van der Waals surface area (Å²) in [5, 5.41) is 3.61. The lowest BCUT2D eigenvalue weighted by Gasteiger charge is -2.24. The number of sulfonamides is 1. The molecule has 10 heteroatoms. The van der Waals surface area contributed by atoms with Gasteiger partial charge in [0.25, 0.3) is 10.0 Å². The molecule has 3 rings (SSSR count). The molecule has 0 fully saturated rings. The summed E-state index contributed by atoms with van der Waals surface area (Å²) >= 11 is 6.15. The van der Waals surface area contributed by atoms with Gasteiger partial charge >= 0.3 is 5.97 Å². The highest BCUT2D eigenvalue weighted by molar-refractivity contribution is 7.93. The molecule has 0 aliphatic rings. The van der Waals surface area contributed by atoms with Crippen LogP contribution >= 0.6 is 11.6 Å². The third kappa shape index (κ3) is 5.12. The Balaban J connectivity index is 1.91. The summed E-state index contributed by atoms with van der Waals surface area (Å²) in [6.45, 7) is 5.04. The van der Waals surface area contributed by atoms with Gasteiger partial charge in [0.05, 0.1) is 28.5 Å². The molecule has 0 atom stereocenters. The molecule has 0 spiro atoms. The second-order valence-corrected chi connectivity index (χ2v) is 8.70. The number of benzene rings is 2. The molecule has 162 valence electrons. The zero-order valence-electron chi connectivity index (χ0n) is 16.4. The molecular weight excluding hydrogens is 447 g/mol. The van der Waals surface area contributed by atoms with Gasteiger partial charge in [0.1, 0.15) is 10.7 Å². The number of halogens is 2. The summed E-state index contributed by atoms with van der Waals surface area (Å²) in [6, 6.07) is 10.3. The predicted molar refractivity (Wildman–Crippen MR) is 113 cm³/mol. The minimum atomic E-state index is -4.21. The molecule has 1 aromatic heterocycles. The number of aromatic nitrogens is 1. The maximum atomic E-state index is 13.3. The summed E-state index contributed by atoms with van der Waals surface area (Å²) in [7, 11) is -4.21. The average molecular weight is 465 g/mol. The highest BCUT2D eigenvalue weighted by atomic mass is 35.5. The zero-order valence-corrected chi connectivity index (χ0v) is 18.0. The monoisotopic (exact) mass is 464 g/mol. The van der Waals surface area contributed by atoms with Crippen molar-refractivity contribution in [1.29, 1.82) is 0 Å². The molecule has 0 bridgehead atoms. The van der Waals surface area contributed by atoms with Crippen LogP contribution in [0, 0.1) is 12.7 Å². The van der Waals surface area contributed by atoms with Crippen LogP contribution in [0.1, 0.15) is 21.8 Å². The first-order chi connectivity index (χ1) is 14.7. The van der Waals surface area contributed by atoms with Crippen LogP contribution in [0.2, 0.25) is 5.02 Å². The third-order valence-corrected chi connectivity index (χ3v) is 6.44. The third-order valence-electron chi connectivity index (χ3n) is 4.17. The smallest absolute Gasteiger partial charge is 0.338 e. The van der Waals surface area contributed by atoms with Gasteiger partial charge in [-0.1, -0.05) is 22.8 Å². The van der Waals surface area contributed by atoms with Crippen LogP contribution < -0.4 is 4.31 Å². The number of carbonyl (C=O) groups is 1. The van der Waals surface area contributed by atoms with Crippen molar-refractivity contribution >= 4 is 33.3 Å².